The summed E-state index contributed by atoms with van der Waals surface area (Å²) < 4.78 is 12.9. The van der Waals surface area contributed by atoms with Crippen LogP contribution >= 0.6 is 11.8 Å². The number of rotatable bonds is 3. The molecule has 88 valence electrons. The van der Waals surface area contributed by atoms with E-state index in [4.69, 9.17) is 5.73 Å². The molecule has 1 nitrogen and oxygen atoms in total. The molecule has 0 spiro atoms. The lowest BCUT2D eigenvalue weighted by molar-refractivity contribution is 0.627. The Bertz CT molecular complexity index is 499. The summed E-state index contributed by atoms with van der Waals surface area (Å²) in [6.07, 6.45) is 0. The Kier molecular flexibility index (Phi) is 3.69. The van der Waals surface area contributed by atoms with Crippen molar-refractivity contribution >= 4 is 17.4 Å². The zero-order valence-corrected chi connectivity index (χ0v) is 10.4. The molecule has 0 heterocycles. The van der Waals surface area contributed by atoms with Gasteiger partial charge in [0.15, 0.2) is 0 Å². The van der Waals surface area contributed by atoms with Crippen LogP contribution < -0.4 is 5.73 Å². The molecule has 1 atom stereocenters. The molecule has 17 heavy (non-hydrogen) atoms. The molecule has 0 saturated carbocycles. The quantitative estimate of drug-likeness (QED) is 0.647. The highest BCUT2D eigenvalue weighted by atomic mass is 32.2. The van der Waals surface area contributed by atoms with Crippen molar-refractivity contribution in [2.45, 2.75) is 17.1 Å². The highest BCUT2D eigenvalue weighted by Gasteiger charge is 2.09. The Morgan fingerprint density at radius 2 is 1.82 bits per heavy atom. The number of anilines is 1. The van der Waals surface area contributed by atoms with Crippen LogP contribution in [0, 0.1) is 5.82 Å². The summed E-state index contributed by atoms with van der Waals surface area (Å²) in [4.78, 5) is 0.919. The van der Waals surface area contributed by atoms with Gasteiger partial charge in [0.05, 0.1) is 0 Å². The summed E-state index contributed by atoms with van der Waals surface area (Å²) in [5.41, 5.74) is 7.52. The third-order valence-corrected chi connectivity index (χ3v) is 3.80. The van der Waals surface area contributed by atoms with Gasteiger partial charge in [-0.3, -0.25) is 0 Å². The van der Waals surface area contributed by atoms with Gasteiger partial charge in [0.2, 0.25) is 0 Å². The second-order valence-electron chi connectivity index (χ2n) is 3.85. The number of benzene rings is 2. The maximum atomic E-state index is 12.9. The molecule has 1 unspecified atom stereocenters. The number of hydrogen-bond donors (Lipinski definition) is 1. The minimum Gasteiger partial charge on any atom is -0.398 e. The predicted molar refractivity (Wildman–Crippen MR) is 71.5 cm³/mol. The topological polar surface area (TPSA) is 26.0 Å². The van der Waals surface area contributed by atoms with E-state index >= 15 is 0 Å². The minimum atomic E-state index is -0.292. The Hall–Kier alpha value is -1.48. The van der Waals surface area contributed by atoms with Crippen molar-refractivity contribution in [1.82, 2.24) is 0 Å². The smallest absolute Gasteiger partial charge is 0.125 e. The van der Waals surface area contributed by atoms with E-state index < -0.39 is 0 Å². The Morgan fingerprint density at radius 1 is 1.12 bits per heavy atom. The van der Waals surface area contributed by atoms with Crippen molar-refractivity contribution in [2.75, 3.05) is 5.73 Å². The van der Waals surface area contributed by atoms with Gasteiger partial charge in [0, 0.05) is 15.8 Å². The molecular formula is C14H14FNS. The summed E-state index contributed by atoms with van der Waals surface area (Å²) in [6.45, 7) is 2.11. The van der Waals surface area contributed by atoms with Crippen LogP contribution in [0.4, 0.5) is 10.1 Å². The molecule has 0 aromatic heterocycles. The van der Waals surface area contributed by atoms with Gasteiger partial charge < -0.3 is 5.73 Å². The lowest BCUT2D eigenvalue weighted by Crippen LogP contribution is -1.93. The van der Waals surface area contributed by atoms with Gasteiger partial charge in [-0.25, -0.2) is 4.39 Å². The maximum absolute atomic E-state index is 12.9. The first-order chi connectivity index (χ1) is 8.16. The number of nitrogen functional groups attached to an aromatic ring is 1. The Morgan fingerprint density at radius 3 is 2.47 bits per heavy atom. The van der Waals surface area contributed by atoms with E-state index in [9.17, 15) is 4.39 Å². The molecule has 2 aromatic carbocycles. The molecular weight excluding hydrogens is 233 g/mol. The zero-order chi connectivity index (χ0) is 12.3. The van der Waals surface area contributed by atoms with E-state index in [1.165, 1.54) is 17.7 Å². The van der Waals surface area contributed by atoms with Crippen molar-refractivity contribution in [3.05, 3.63) is 59.9 Å². The highest BCUT2D eigenvalue weighted by molar-refractivity contribution is 7.99. The molecule has 2 aromatic rings. The van der Waals surface area contributed by atoms with Gasteiger partial charge in [-0.05, 0) is 30.7 Å². The summed E-state index contributed by atoms with van der Waals surface area (Å²) in [6, 6.07) is 14.7. The van der Waals surface area contributed by atoms with Crippen LogP contribution in [-0.4, -0.2) is 0 Å². The van der Waals surface area contributed by atoms with E-state index in [-0.39, 0.29) is 5.82 Å². The summed E-state index contributed by atoms with van der Waals surface area (Å²) in [5.74, 6) is -0.292. The average molecular weight is 247 g/mol. The lowest BCUT2D eigenvalue weighted by atomic mass is 10.2. The molecule has 0 aliphatic carbocycles. The maximum Gasteiger partial charge on any atom is 0.125 e. The predicted octanol–water partition coefficient (Wildman–Crippen LogP) is 4.26. The highest BCUT2D eigenvalue weighted by Crippen LogP contribution is 2.37. The Labute approximate surface area is 105 Å². The fourth-order valence-electron chi connectivity index (χ4n) is 1.61. The van der Waals surface area contributed by atoms with Crippen molar-refractivity contribution in [2.24, 2.45) is 0 Å². The van der Waals surface area contributed by atoms with Crippen LogP contribution in [0.5, 0.6) is 0 Å². The van der Waals surface area contributed by atoms with Gasteiger partial charge in [0.25, 0.3) is 0 Å². The number of thioether (sulfide) groups is 1. The molecule has 2 N–H and O–H groups in total. The van der Waals surface area contributed by atoms with Crippen LogP contribution in [0.15, 0.2) is 53.4 Å². The van der Waals surface area contributed by atoms with Gasteiger partial charge in [-0.2, -0.15) is 0 Å². The van der Waals surface area contributed by atoms with Crippen molar-refractivity contribution < 1.29 is 4.39 Å². The molecule has 0 amide bonds. The SMILES string of the molecule is CC(Sc1ccc(F)cc1N)c1ccccc1. The molecule has 0 saturated heterocycles. The largest absolute Gasteiger partial charge is 0.398 e. The third kappa shape index (κ3) is 3.01. The first-order valence-corrected chi connectivity index (χ1v) is 6.31. The first-order valence-electron chi connectivity index (χ1n) is 5.43. The monoisotopic (exact) mass is 247 g/mol. The van der Waals surface area contributed by atoms with Crippen LogP contribution in [-0.2, 0) is 0 Å². The molecule has 2 rings (SSSR count). The summed E-state index contributed by atoms with van der Waals surface area (Å²) in [7, 11) is 0. The molecule has 0 fully saturated rings. The number of halogens is 1. The fourth-order valence-corrected chi connectivity index (χ4v) is 2.62. The normalized spacial score (nSPS) is 12.4. The van der Waals surface area contributed by atoms with Gasteiger partial charge in [-0.1, -0.05) is 30.3 Å². The van der Waals surface area contributed by atoms with Crippen LogP contribution in [0.2, 0.25) is 0 Å². The second kappa shape index (κ2) is 5.23. The van der Waals surface area contributed by atoms with Gasteiger partial charge in [0.1, 0.15) is 5.82 Å². The molecule has 0 aliphatic heterocycles. The number of hydrogen-bond acceptors (Lipinski definition) is 2. The van der Waals surface area contributed by atoms with Crippen molar-refractivity contribution in [3.8, 4) is 0 Å². The van der Waals surface area contributed by atoms with Crippen molar-refractivity contribution in [3.63, 3.8) is 0 Å². The minimum absolute atomic E-state index is 0.292. The summed E-state index contributed by atoms with van der Waals surface area (Å²) >= 11 is 1.64. The molecule has 0 radical (unpaired) electrons. The van der Waals surface area contributed by atoms with E-state index in [2.05, 4.69) is 19.1 Å². The van der Waals surface area contributed by atoms with E-state index in [0.29, 0.717) is 10.9 Å². The molecule has 0 aliphatic rings. The summed E-state index contributed by atoms with van der Waals surface area (Å²) in [5, 5.41) is 0.295. The number of nitrogens with two attached hydrogens (primary N) is 1. The standard InChI is InChI=1S/C14H14FNS/c1-10(11-5-3-2-4-6-11)17-14-8-7-12(15)9-13(14)16/h2-10H,16H2,1H3. The molecule has 3 heteroatoms. The van der Waals surface area contributed by atoms with Gasteiger partial charge in [-0.15, -0.1) is 11.8 Å². The van der Waals surface area contributed by atoms with Crippen LogP contribution in [0.3, 0.4) is 0 Å². The van der Waals surface area contributed by atoms with Gasteiger partial charge >= 0.3 is 0 Å². The average Bonchev–Trinajstić information content (AvgIpc) is 2.34. The third-order valence-electron chi connectivity index (χ3n) is 2.54. The van der Waals surface area contributed by atoms with E-state index in [0.717, 1.165) is 4.90 Å². The van der Waals surface area contributed by atoms with E-state index in [1.807, 2.05) is 18.2 Å². The van der Waals surface area contributed by atoms with E-state index in [1.54, 1.807) is 17.8 Å². The first kappa shape index (κ1) is 12.0. The lowest BCUT2D eigenvalue weighted by Gasteiger charge is -2.13. The molecule has 0 bridgehead atoms. The van der Waals surface area contributed by atoms with Crippen LogP contribution in [0.1, 0.15) is 17.7 Å². The van der Waals surface area contributed by atoms with Crippen molar-refractivity contribution in [1.29, 1.82) is 0 Å². The Balaban J connectivity index is 2.16. The van der Waals surface area contributed by atoms with Crippen LogP contribution in [0.25, 0.3) is 0 Å². The second-order valence-corrected chi connectivity index (χ2v) is 5.24. The fraction of sp³-hybridized carbons (Fsp3) is 0.143. The zero-order valence-electron chi connectivity index (χ0n) is 9.56.